The molecule has 1 amide bonds. The van der Waals surface area contributed by atoms with E-state index in [0.717, 1.165) is 6.42 Å². The molecule has 3 N–H and O–H groups in total. The van der Waals surface area contributed by atoms with Crippen molar-refractivity contribution in [2.75, 3.05) is 13.7 Å². The fourth-order valence-corrected chi connectivity index (χ4v) is 1.76. The van der Waals surface area contributed by atoms with E-state index < -0.39 is 0 Å². The van der Waals surface area contributed by atoms with Crippen molar-refractivity contribution in [1.29, 1.82) is 0 Å². The summed E-state index contributed by atoms with van der Waals surface area (Å²) in [5.41, 5.74) is 6.20. The second kappa shape index (κ2) is 7.25. The Hall–Kier alpha value is -1.40. The lowest BCUT2D eigenvalue weighted by atomic mass is 10.0. The first-order valence-electron chi connectivity index (χ1n) is 6.44. The number of rotatable bonds is 7. The minimum Gasteiger partial charge on any atom is -0.446 e. The van der Waals surface area contributed by atoms with Crippen molar-refractivity contribution in [1.82, 2.24) is 10.3 Å². The van der Waals surface area contributed by atoms with Crippen molar-refractivity contribution in [3.63, 3.8) is 0 Å². The highest BCUT2D eigenvalue weighted by Gasteiger charge is 2.18. The van der Waals surface area contributed by atoms with Gasteiger partial charge in [-0.1, -0.05) is 13.8 Å². The first-order valence-corrected chi connectivity index (χ1v) is 6.44. The van der Waals surface area contributed by atoms with Crippen LogP contribution in [0.15, 0.2) is 10.7 Å². The molecule has 0 aliphatic rings. The van der Waals surface area contributed by atoms with Crippen LogP contribution in [0.4, 0.5) is 0 Å². The maximum absolute atomic E-state index is 11.9. The van der Waals surface area contributed by atoms with Gasteiger partial charge in [0.15, 0.2) is 5.69 Å². The van der Waals surface area contributed by atoms with Crippen LogP contribution in [-0.4, -0.2) is 30.6 Å². The van der Waals surface area contributed by atoms with Crippen LogP contribution in [0.3, 0.4) is 0 Å². The third-order valence-corrected chi connectivity index (χ3v) is 2.59. The molecule has 0 spiro atoms. The molecule has 1 rings (SSSR count). The van der Waals surface area contributed by atoms with E-state index in [1.807, 2.05) is 6.92 Å². The van der Waals surface area contributed by atoms with Crippen molar-refractivity contribution in [3.8, 4) is 0 Å². The number of methoxy groups -OCH3 is 1. The number of nitrogens with two attached hydrogens (primary N) is 1. The summed E-state index contributed by atoms with van der Waals surface area (Å²) in [6.45, 7) is 6.45. The lowest BCUT2D eigenvalue weighted by Gasteiger charge is -2.11. The summed E-state index contributed by atoms with van der Waals surface area (Å²) < 4.78 is 10.2. The Morgan fingerprint density at radius 2 is 2.21 bits per heavy atom. The zero-order valence-electron chi connectivity index (χ0n) is 12.0. The maximum Gasteiger partial charge on any atom is 0.273 e. The number of nitrogens with zero attached hydrogens (tertiary/aromatic N) is 1. The van der Waals surface area contributed by atoms with Gasteiger partial charge in [-0.05, 0) is 19.3 Å². The van der Waals surface area contributed by atoms with Crippen LogP contribution in [-0.2, 0) is 4.74 Å². The molecule has 2 atom stereocenters. The Morgan fingerprint density at radius 3 is 2.79 bits per heavy atom. The molecule has 1 heterocycles. The fraction of sp³-hybridized carbons (Fsp3) is 0.692. The molecule has 0 aliphatic carbocycles. The smallest absolute Gasteiger partial charge is 0.273 e. The largest absolute Gasteiger partial charge is 0.446 e. The third-order valence-electron chi connectivity index (χ3n) is 2.59. The zero-order valence-corrected chi connectivity index (χ0v) is 12.0. The molecular formula is C13H23N3O3. The summed E-state index contributed by atoms with van der Waals surface area (Å²) in [7, 11) is 1.59. The third kappa shape index (κ3) is 5.00. The molecular weight excluding hydrogens is 246 g/mol. The summed E-state index contributed by atoms with van der Waals surface area (Å²) in [6.07, 6.45) is 2.10. The molecule has 0 radical (unpaired) electrons. The van der Waals surface area contributed by atoms with Crippen LogP contribution < -0.4 is 11.1 Å². The average Bonchev–Trinajstić information content (AvgIpc) is 2.77. The van der Waals surface area contributed by atoms with E-state index in [-0.39, 0.29) is 23.7 Å². The number of carbonyl (C=O) groups excluding carboxylic acids is 1. The van der Waals surface area contributed by atoms with Gasteiger partial charge >= 0.3 is 0 Å². The van der Waals surface area contributed by atoms with Crippen molar-refractivity contribution in [2.45, 2.75) is 39.3 Å². The Bertz CT molecular complexity index is 404. The number of aromatic nitrogens is 1. The van der Waals surface area contributed by atoms with E-state index in [1.165, 1.54) is 6.26 Å². The normalized spacial score (nSPS) is 14.4. The molecule has 0 saturated carbocycles. The summed E-state index contributed by atoms with van der Waals surface area (Å²) >= 11 is 0. The summed E-state index contributed by atoms with van der Waals surface area (Å²) in [5, 5.41) is 2.76. The predicted octanol–water partition coefficient (Wildman–Crippen LogP) is 1.49. The lowest BCUT2D eigenvalue weighted by molar-refractivity contribution is 0.0900. The number of hydrogen-bond donors (Lipinski definition) is 2. The number of oxazole rings is 1. The molecule has 108 valence electrons. The van der Waals surface area contributed by atoms with Gasteiger partial charge in [-0.2, -0.15) is 0 Å². The first kappa shape index (κ1) is 15.7. The molecule has 6 nitrogen and oxygen atoms in total. The van der Waals surface area contributed by atoms with Crippen molar-refractivity contribution in [3.05, 3.63) is 17.8 Å². The van der Waals surface area contributed by atoms with Crippen LogP contribution in [0.25, 0.3) is 0 Å². The topological polar surface area (TPSA) is 90.4 Å². The van der Waals surface area contributed by atoms with Gasteiger partial charge in [0.25, 0.3) is 5.91 Å². The lowest BCUT2D eigenvalue weighted by Crippen LogP contribution is -2.35. The van der Waals surface area contributed by atoms with Gasteiger partial charge in [-0.3, -0.25) is 4.79 Å². The predicted molar refractivity (Wildman–Crippen MR) is 71.7 cm³/mol. The average molecular weight is 269 g/mol. The highest BCUT2D eigenvalue weighted by atomic mass is 16.5. The molecule has 0 aromatic carbocycles. The van der Waals surface area contributed by atoms with Crippen LogP contribution in [0.5, 0.6) is 0 Å². The molecule has 1 aromatic rings. The standard InChI is InChI=1S/C13H23N3O3/c1-8(2)5-10(14)13-16-11(7-19-13)12(17)15-9(3)6-18-4/h7-10H,5-6,14H2,1-4H3,(H,15,17). The van der Waals surface area contributed by atoms with Gasteiger partial charge in [0.2, 0.25) is 5.89 Å². The second-order valence-corrected chi connectivity index (χ2v) is 5.14. The molecule has 0 bridgehead atoms. The Labute approximate surface area is 113 Å². The molecule has 0 fully saturated rings. The van der Waals surface area contributed by atoms with Gasteiger partial charge < -0.3 is 20.2 Å². The summed E-state index contributed by atoms with van der Waals surface area (Å²) in [6, 6.07) is -0.361. The van der Waals surface area contributed by atoms with E-state index in [0.29, 0.717) is 18.4 Å². The Kier molecular flexibility index (Phi) is 5.98. The minimum absolute atomic E-state index is 0.0815. The number of ether oxygens (including phenoxy) is 1. The maximum atomic E-state index is 11.9. The van der Waals surface area contributed by atoms with Crippen LogP contribution in [0, 0.1) is 5.92 Å². The van der Waals surface area contributed by atoms with Crippen molar-refractivity contribution < 1.29 is 13.9 Å². The van der Waals surface area contributed by atoms with Gasteiger partial charge in [0.05, 0.1) is 12.6 Å². The fourth-order valence-electron chi connectivity index (χ4n) is 1.76. The zero-order chi connectivity index (χ0) is 14.4. The van der Waals surface area contributed by atoms with Gasteiger partial charge in [0, 0.05) is 13.2 Å². The minimum atomic E-state index is -0.281. The summed E-state index contributed by atoms with van der Waals surface area (Å²) in [5.74, 6) is 0.565. The van der Waals surface area contributed by atoms with Crippen LogP contribution >= 0.6 is 0 Å². The van der Waals surface area contributed by atoms with Gasteiger partial charge in [-0.25, -0.2) is 4.98 Å². The summed E-state index contributed by atoms with van der Waals surface area (Å²) in [4.78, 5) is 16.0. The van der Waals surface area contributed by atoms with Gasteiger partial charge in [0.1, 0.15) is 6.26 Å². The van der Waals surface area contributed by atoms with Crippen molar-refractivity contribution >= 4 is 5.91 Å². The molecule has 2 unspecified atom stereocenters. The highest BCUT2D eigenvalue weighted by Crippen LogP contribution is 2.18. The highest BCUT2D eigenvalue weighted by molar-refractivity contribution is 5.92. The van der Waals surface area contributed by atoms with E-state index >= 15 is 0 Å². The van der Waals surface area contributed by atoms with E-state index in [1.54, 1.807) is 7.11 Å². The van der Waals surface area contributed by atoms with E-state index in [9.17, 15) is 4.79 Å². The number of nitrogens with one attached hydrogen (secondary N) is 1. The molecule has 6 heteroatoms. The van der Waals surface area contributed by atoms with E-state index in [2.05, 4.69) is 24.1 Å². The van der Waals surface area contributed by atoms with Gasteiger partial charge in [-0.15, -0.1) is 0 Å². The second-order valence-electron chi connectivity index (χ2n) is 5.14. The number of hydrogen-bond acceptors (Lipinski definition) is 5. The van der Waals surface area contributed by atoms with Crippen LogP contribution in [0.1, 0.15) is 49.6 Å². The van der Waals surface area contributed by atoms with Crippen molar-refractivity contribution in [2.24, 2.45) is 11.7 Å². The Balaban J connectivity index is 2.61. The molecule has 1 aromatic heterocycles. The molecule has 0 aliphatic heterocycles. The quantitative estimate of drug-likeness (QED) is 0.782. The number of carbonyl (C=O) groups is 1. The van der Waals surface area contributed by atoms with E-state index in [4.69, 9.17) is 14.9 Å². The van der Waals surface area contributed by atoms with Crippen LogP contribution in [0.2, 0.25) is 0 Å². The Morgan fingerprint density at radius 1 is 1.53 bits per heavy atom. The number of amides is 1. The monoisotopic (exact) mass is 269 g/mol. The molecule has 19 heavy (non-hydrogen) atoms. The molecule has 0 saturated heterocycles. The SMILES string of the molecule is COCC(C)NC(=O)c1coc(C(N)CC(C)C)n1. The first-order chi connectivity index (χ1) is 8.93.